The molecule has 0 bridgehead atoms. The summed E-state index contributed by atoms with van der Waals surface area (Å²) in [6.07, 6.45) is -0.149. The van der Waals surface area contributed by atoms with Gasteiger partial charge in [-0.1, -0.05) is 0 Å². The van der Waals surface area contributed by atoms with Crippen molar-refractivity contribution in [1.82, 2.24) is 0 Å². The lowest BCUT2D eigenvalue weighted by molar-refractivity contribution is -0.131. The van der Waals surface area contributed by atoms with Crippen LogP contribution in [0.25, 0.3) is 0 Å². The number of phenolic OH excluding ortho intramolecular Hbond substituents is 1. The lowest BCUT2D eigenvalue weighted by Gasteiger charge is -2.28. The third kappa shape index (κ3) is 2.75. The minimum Gasteiger partial charge on any atom is -0.507 e. The van der Waals surface area contributed by atoms with Gasteiger partial charge >= 0.3 is 11.9 Å². The zero-order chi connectivity index (χ0) is 21.0. The van der Waals surface area contributed by atoms with Gasteiger partial charge in [-0.25, -0.2) is 4.79 Å². The molecule has 1 atom stereocenters. The molecule has 0 saturated heterocycles. The Bertz CT molecular complexity index is 1130. The summed E-state index contributed by atoms with van der Waals surface area (Å²) in [5.74, 6) is -3.36. The van der Waals surface area contributed by atoms with Crippen LogP contribution in [0.5, 0.6) is 17.2 Å². The van der Waals surface area contributed by atoms with Crippen LogP contribution in [0, 0.1) is 0 Å². The molecule has 4 rings (SSSR count). The van der Waals surface area contributed by atoms with Crippen LogP contribution in [0.1, 0.15) is 61.6 Å². The predicted octanol–water partition coefficient (Wildman–Crippen LogP) is 2.20. The third-order valence-electron chi connectivity index (χ3n) is 4.90. The Morgan fingerprint density at radius 1 is 1.07 bits per heavy atom. The Kier molecular flexibility index (Phi) is 4.15. The third-order valence-corrected chi connectivity index (χ3v) is 4.90. The van der Waals surface area contributed by atoms with Crippen molar-refractivity contribution in [2.45, 2.75) is 26.4 Å². The monoisotopic (exact) mass is 396 g/mol. The first-order valence-electron chi connectivity index (χ1n) is 8.82. The van der Waals surface area contributed by atoms with Crippen LogP contribution in [0.2, 0.25) is 0 Å². The Hall–Kier alpha value is -3.68. The highest BCUT2D eigenvalue weighted by Gasteiger charge is 2.40. The number of ether oxygens (including phenoxy) is 3. The topological polar surface area (TPSA) is 116 Å². The van der Waals surface area contributed by atoms with Gasteiger partial charge in [-0.3, -0.25) is 14.4 Å². The van der Waals surface area contributed by atoms with E-state index in [9.17, 15) is 24.3 Å². The minimum atomic E-state index is -0.767. The van der Waals surface area contributed by atoms with Gasteiger partial charge in [0.2, 0.25) is 5.78 Å². The fraction of sp³-hybridized carbons (Fsp3) is 0.238. The van der Waals surface area contributed by atoms with Crippen molar-refractivity contribution in [3.05, 3.63) is 51.6 Å². The van der Waals surface area contributed by atoms with Crippen molar-refractivity contribution in [3.8, 4) is 17.2 Å². The molecule has 1 aliphatic heterocycles. The van der Waals surface area contributed by atoms with Crippen LogP contribution in [0.15, 0.2) is 18.2 Å². The van der Waals surface area contributed by atoms with E-state index >= 15 is 0 Å². The zero-order valence-electron chi connectivity index (χ0n) is 15.8. The molecule has 8 nitrogen and oxygen atoms in total. The fourth-order valence-corrected chi connectivity index (χ4v) is 3.75. The van der Waals surface area contributed by atoms with E-state index in [0.29, 0.717) is 12.0 Å². The van der Waals surface area contributed by atoms with Crippen LogP contribution >= 0.6 is 0 Å². The maximum absolute atomic E-state index is 13.2. The number of benzene rings is 2. The number of ketones is 2. The number of hydrogen-bond donors (Lipinski definition) is 1. The van der Waals surface area contributed by atoms with E-state index in [1.807, 2.05) is 0 Å². The van der Waals surface area contributed by atoms with Crippen LogP contribution in [0.4, 0.5) is 0 Å². The lowest BCUT2D eigenvalue weighted by atomic mass is 9.79. The predicted molar refractivity (Wildman–Crippen MR) is 97.9 cm³/mol. The van der Waals surface area contributed by atoms with Crippen molar-refractivity contribution in [2.75, 3.05) is 7.11 Å². The number of cyclic esters (lactones) is 1. The molecule has 29 heavy (non-hydrogen) atoms. The van der Waals surface area contributed by atoms with Crippen LogP contribution in [0.3, 0.4) is 0 Å². The number of rotatable bonds is 2. The van der Waals surface area contributed by atoms with Gasteiger partial charge < -0.3 is 19.3 Å². The Balaban J connectivity index is 2.05. The Morgan fingerprint density at radius 3 is 2.41 bits per heavy atom. The second-order valence-electron chi connectivity index (χ2n) is 6.90. The summed E-state index contributed by atoms with van der Waals surface area (Å²) in [5, 5.41) is 10.3. The summed E-state index contributed by atoms with van der Waals surface area (Å²) < 4.78 is 15.5. The lowest BCUT2D eigenvalue weighted by Crippen LogP contribution is -2.30. The number of methoxy groups -OCH3 is 1. The van der Waals surface area contributed by atoms with E-state index in [2.05, 4.69) is 0 Å². The normalized spacial score (nSPS) is 17.1. The smallest absolute Gasteiger partial charge is 0.342 e. The highest BCUT2D eigenvalue weighted by molar-refractivity contribution is 6.31. The molecule has 0 radical (unpaired) electrons. The van der Waals surface area contributed by atoms with Gasteiger partial charge in [0.25, 0.3) is 0 Å². The summed E-state index contributed by atoms with van der Waals surface area (Å²) in [6, 6.07) is 4.02. The molecule has 1 unspecified atom stereocenters. The summed E-state index contributed by atoms with van der Waals surface area (Å²) >= 11 is 0. The van der Waals surface area contributed by atoms with Gasteiger partial charge in [0.15, 0.2) is 11.5 Å². The van der Waals surface area contributed by atoms with Crippen LogP contribution in [-0.2, 0) is 16.0 Å². The summed E-state index contributed by atoms with van der Waals surface area (Å²) in [5.41, 5.74) is -0.140. The SMILES string of the molecule is COc1cc(O)c2c(c1)C(=O)c1cc3c(c(OC(C)=O)c1C2=O)C(=O)OC(C)C3. The average molecular weight is 396 g/mol. The van der Waals surface area contributed by atoms with E-state index in [1.54, 1.807) is 6.92 Å². The Morgan fingerprint density at radius 2 is 1.76 bits per heavy atom. The van der Waals surface area contributed by atoms with Crippen molar-refractivity contribution >= 4 is 23.5 Å². The molecule has 8 heteroatoms. The fourth-order valence-electron chi connectivity index (χ4n) is 3.75. The number of carbonyl (C=O) groups is 4. The standard InChI is InChI=1S/C21H16O8/c1-8-4-10-5-12-17(20(29-9(2)22)15(10)21(26)28-8)19(25)16-13(18(12)24)6-11(27-3)7-14(16)23/h5-8,23H,4H2,1-3H3. The van der Waals surface area contributed by atoms with Crippen molar-refractivity contribution in [1.29, 1.82) is 0 Å². The number of carbonyl (C=O) groups excluding carboxylic acids is 4. The van der Waals surface area contributed by atoms with Gasteiger partial charge in [0, 0.05) is 30.5 Å². The first-order valence-corrected chi connectivity index (χ1v) is 8.82. The number of esters is 2. The molecular formula is C21H16O8. The van der Waals surface area contributed by atoms with Gasteiger partial charge in [-0.05, 0) is 24.6 Å². The molecule has 2 aromatic rings. The highest BCUT2D eigenvalue weighted by atomic mass is 16.6. The second-order valence-corrected chi connectivity index (χ2v) is 6.90. The van der Waals surface area contributed by atoms with E-state index < -0.39 is 35.4 Å². The first kappa shape index (κ1) is 18.7. The van der Waals surface area contributed by atoms with Crippen molar-refractivity contribution in [2.24, 2.45) is 0 Å². The molecule has 0 spiro atoms. The number of phenols is 1. The second kappa shape index (κ2) is 6.44. The summed E-state index contributed by atoms with van der Waals surface area (Å²) in [7, 11) is 1.37. The molecule has 2 aromatic carbocycles. The summed E-state index contributed by atoms with van der Waals surface area (Å²) in [4.78, 5) is 50.6. The number of hydrogen-bond acceptors (Lipinski definition) is 8. The van der Waals surface area contributed by atoms with Gasteiger partial charge in [-0.15, -0.1) is 0 Å². The molecule has 0 fully saturated rings. The molecule has 0 amide bonds. The first-order chi connectivity index (χ1) is 13.7. The van der Waals surface area contributed by atoms with Crippen molar-refractivity contribution in [3.63, 3.8) is 0 Å². The van der Waals surface area contributed by atoms with E-state index in [1.165, 1.54) is 25.3 Å². The largest absolute Gasteiger partial charge is 0.507 e. The minimum absolute atomic E-state index is 0.00736. The van der Waals surface area contributed by atoms with Crippen LogP contribution < -0.4 is 9.47 Å². The maximum Gasteiger partial charge on any atom is 0.342 e. The molecule has 148 valence electrons. The van der Waals surface area contributed by atoms with E-state index in [0.717, 1.165) is 6.92 Å². The summed E-state index contributed by atoms with van der Waals surface area (Å²) in [6.45, 7) is 2.81. The van der Waals surface area contributed by atoms with Crippen molar-refractivity contribution < 1.29 is 38.5 Å². The molecule has 2 aliphatic rings. The number of fused-ring (bicyclic) bond motifs is 3. The van der Waals surface area contributed by atoms with Gasteiger partial charge in [0.1, 0.15) is 23.2 Å². The zero-order valence-corrected chi connectivity index (χ0v) is 15.8. The molecule has 1 N–H and O–H groups in total. The molecule has 0 saturated carbocycles. The molecule has 1 heterocycles. The van der Waals surface area contributed by atoms with Gasteiger partial charge in [0.05, 0.1) is 18.2 Å². The average Bonchev–Trinajstić information content (AvgIpc) is 2.64. The highest BCUT2D eigenvalue weighted by Crippen LogP contribution is 2.43. The van der Waals surface area contributed by atoms with E-state index in [-0.39, 0.29) is 39.3 Å². The van der Waals surface area contributed by atoms with Gasteiger partial charge in [-0.2, -0.15) is 0 Å². The maximum atomic E-state index is 13.2. The molecular weight excluding hydrogens is 380 g/mol. The molecule has 0 aromatic heterocycles. The van der Waals surface area contributed by atoms with E-state index in [4.69, 9.17) is 14.2 Å². The number of aromatic hydroxyl groups is 1. The molecule has 1 aliphatic carbocycles. The van der Waals surface area contributed by atoms with Crippen LogP contribution in [-0.4, -0.2) is 41.8 Å². The quantitative estimate of drug-likeness (QED) is 0.518. The Labute approximate surface area is 165 Å².